The molecule has 162 valence electrons. The van der Waals surface area contributed by atoms with Crippen LogP contribution >= 0.6 is 11.8 Å². The Balaban J connectivity index is 1.42. The van der Waals surface area contributed by atoms with Crippen LogP contribution < -0.4 is 4.90 Å². The number of hydrogen-bond donors (Lipinski definition) is 0. The lowest BCUT2D eigenvalue weighted by Crippen LogP contribution is -2.38. The van der Waals surface area contributed by atoms with Crippen molar-refractivity contribution < 1.29 is 9.53 Å². The molecule has 31 heavy (non-hydrogen) atoms. The maximum absolute atomic E-state index is 12.9. The molecule has 2 fully saturated rings. The number of carbonyl (C=O) groups is 1. The third kappa shape index (κ3) is 4.22. The van der Waals surface area contributed by atoms with E-state index in [2.05, 4.69) is 46.1 Å². The number of aromatic nitrogens is 2. The molecule has 7 heteroatoms. The van der Waals surface area contributed by atoms with Gasteiger partial charge >= 0.3 is 0 Å². The summed E-state index contributed by atoms with van der Waals surface area (Å²) in [6.45, 7) is 6.08. The van der Waals surface area contributed by atoms with E-state index in [9.17, 15) is 4.79 Å². The number of morpholine rings is 1. The third-order valence-corrected chi connectivity index (χ3v) is 7.01. The molecule has 0 N–H and O–H groups in total. The van der Waals surface area contributed by atoms with E-state index in [4.69, 9.17) is 9.72 Å². The molecule has 2 aliphatic rings. The van der Waals surface area contributed by atoms with Gasteiger partial charge in [0.1, 0.15) is 5.82 Å². The van der Waals surface area contributed by atoms with Crippen LogP contribution in [0, 0.1) is 0 Å². The van der Waals surface area contributed by atoms with Gasteiger partial charge in [0.15, 0.2) is 0 Å². The van der Waals surface area contributed by atoms with Crippen LogP contribution in [0.25, 0.3) is 11.0 Å². The lowest BCUT2D eigenvalue weighted by atomic mass is 10.1. The summed E-state index contributed by atoms with van der Waals surface area (Å²) in [4.78, 5) is 23.5. The SMILES string of the molecule is CSc1cccc(N2C[C@@H](c3nc4ccccc4n3CCN3CCOCC3)CC2=O)c1. The first-order chi connectivity index (χ1) is 15.2. The van der Waals surface area contributed by atoms with E-state index in [1.165, 1.54) is 4.90 Å². The van der Waals surface area contributed by atoms with Gasteiger partial charge in [0.25, 0.3) is 0 Å². The Kier molecular flexibility index (Phi) is 5.98. The number of carbonyl (C=O) groups excluding carboxylic acids is 1. The van der Waals surface area contributed by atoms with Crippen molar-refractivity contribution in [1.29, 1.82) is 0 Å². The zero-order valence-corrected chi connectivity index (χ0v) is 18.7. The number of rotatable bonds is 6. The number of benzene rings is 2. The summed E-state index contributed by atoms with van der Waals surface area (Å²) in [5, 5.41) is 0. The summed E-state index contributed by atoms with van der Waals surface area (Å²) in [7, 11) is 0. The quantitative estimate of drug-likeness (QED) is 0.553. The summed E-state index contributed by atoms with van der Waals surface area (Å²) in [5.74, 6) is 1.31. The second kappa shape index (κ2) is 9.02. The summed E-state index contributed by atoms with van der Waals surface area (Å²) in [6, 6.07) is 16.6. The highest BCUT2D eigenvalue weighted by Crippen LogP contribution is 2.34. The highest BCUT2D eigenvalue weighted by Gasteiger charge is 2.35. The molecule has 1 amide bonds. The maximum Gasteiger partial charge on any atom is 0.227 e. The Hall–Kier alpha value is -2.35. The Morgan fingerprint density at radius 3 is 2.77 bits per heavy atom. The largest absolute Gasteiger partial charge is 0.379 e. The lowest BCUT2D eigenvalue weighted by molar-refractivity contribution is -0.117. The summed E-state index contributed by atoms with van der Waals surface area (Å²) < 4.78 is 7.83. The van der Waals surface area contributed by atoms with E-state index in [1.807, 2.05) is 23.1 Å². The molecule has 0 bridgehead atoms. The fourth-order valence-electron chi connectivity index (χ4n) is 4.62. The van der Waals surface area contributed by atoms with Gasteiger partial charge in [-0.15, -0.1) is 11.8 Å². The Labute approximate surface area is 187 Å². The maximum atomic E-state index is 12.9. The normalized spacial score (nSPS) is 20.1. The van der Waals surface area contributed by atoms with Crippen molar-refractivity contribution in [2.24, 2.45) is 0 Å². The van der Waals surface area contributed by atoms with E-state index in [0.29, 0.717) is 13.0 Å². The van der Waals surface area contributed by atoms with E-state index in [0.717, 1.165) is 61.9 Å². The Morgan fingerprint density at radius 2 is 1.94 bits per heavy atom. The molecule has 2 saturated heterocycles. The van der Waals surface area contributed by atoms with Crippen molar-refractivity contribution in [3.05, 3.63) is 54.4 Å². The monoisotopic (exact) mass is 436 g/mol. The van der Waals surface area contributed by atoms with Crippen LogP contribution in [0.4, 0.5) is 5.69 Å². The highest BCUT2D eigenvalue weighted by atomic mass is 32.2. The summed E-state index contributed by atoms with van der Waals surface area (Å²) >= 11 is 1.70. The molecule has 5 rings (SSSR count). The molecule has 1 aromatic heterocycles. The zero-order chi connectivity index (χ0) is 21.2. The zero-order valence-electron chi connectivity index (χ0n) is 17.9. The van der Waals surface area contributed by atoms with Gasteiger partial charge in [0.2, 0.25) is 5.91 Å². The van der Waals surface area contributed by atoms with Gasteiger partial charge in [0, 0.05) is 55.6 Å². The number of nitrogens with zero attached hydrogens (tertiary/aromatic N) is 4. The molecule has 0 aliphatic carbocycles. The fourth-order valence-corrected chi connectivity index (χ4v) is 5.07. The second-order valence-corrected chi connectivity index (χ2v) is 9.05. The first-order valence-corrected chi connectivity index (χ1v) is 12.1. The van der Waals surface area contributed by atoms with Crippen LogP contribution in [0.2, 0.25) is 0 Å². The molecule has 2 aliphatic heterocycles. The van der Waals surface area contributed by atoms with E-state index >= 15 is 0 Å². The van der Waals surface area contributed by atoms with Crippen molar-refractivity contribution in [1.82, 2.24) is 14.5 Å². The molecule has 0 radical (unpaired) electrons. The molecule has 6 nitrogen and oxygen atoms in total. The number of amides is 1. The van der Waals surface area contributed by atoms with Crippen molar-refractivity contribution in [3.8, 4) is 0 Å². The summed E-state index contributed by atoms with van der Waals surface area (Å²) in [6.07, 6.45) is 2.56. The van der Waals surface area contributed by atoms with Gasteiger partial charge in [0.05, 0.1) is 24.2 Å². The van der Waals surface area contributed by atoms with E-state index in [1.54, 1.807) is 11.8 Å². The van der Waals surface area contributed by atoms with Crippen LogP contribution in [0.15, 0.2) is 53.4 Å². The molecule has 1 atom stereocenters. The third-order valence-electron chi connectivity index (χ3n) is 6.28. The van der Waals surface area contributed by atoms with Gasteiger partial charge in [-0.2, -0.15) is 0 Å². The molecule has 0 spiro atoms. The van der Waals surface area contributed by atoms with Crippen LogP contribution in [-0.4, -0.2) is 66.0 Å². The molecule has 2 aromatic carbocycles. The van der Waals surface area contributed by atoms with Gasteiger partial charge in [-0.1, -0.05) is 18.2 Å². The number of imidazole rings is 1. The second-order valence-electron chi connectivity index (χ2n) is 8.17. The number of fused-ring (bicyclic) bond motifs is 1. The van der Waals surface area contributed by atoms with Gasteiger partial charge in [-0.05, 0) is 36.6 Å². The molecule has 0 saturated carbocycles. The fraction of sp³-hybridized carbons (Fsp3) is 0.417. The number of thioether (sulfide) groups is 1. The number of anilines is 1. The molecule has 3 aromatic rings. The number of para-hydroxylation sites is 2. The van der Waals surface area contributed by atoms with Crippen molar-refractivity contribution in [2.75, 3.05) is 50.5 Å². The van der Waals surface area contributed by atoms with Crippen LogP contribution in [0.5, 0.6) is 0 Å². The number of hydrogen-bond acceptors (Lipinski definition) is 5. The topological polar surface area (TPSA) is 50.6 Å². The molecular formula is C24H28N4O2S. The van der Waals surface area contributed by atoms with Gasteiger partial charge in [-0.25, -0.2) is 4.98 Å². The van der Waals surface area contributed by atoms with Crippen LogP contribution in [-0.2, 0) is 16.1 Å². The van der Waals surface area contributed by atoms with Gasteiger partial charge < -0.3 is 14.2 Å². The standard InChI is InChI=1S/C24H28N4O2S/c1-31-20-6-4-5-19(16-20)28-17-18(15-23(28)29)24-25-21-7-2-3-8-22(21)27(24)10-9-26-11-13-30-14-12-26/h2-8,16,18H,9-15,17H2,1H3/t18-/m0/s1. The molecule has 0 unspecified atom stereocenters. The van der Waals surface area contributed by atoms with Crippen LogP contribution in [0.1, 0.15) is 18.2 Å². The van der Waals surface area contributed by atoms with Crippen LogP contribution in [0.3, 0.4) is 0 Å². The van der Waals surface area contributed by atoms with Gasteiger partial charge in [-0.3, -0.25) is 9.69 Å². The van der Waals surface area contributed by atoms with Crippen molar-refractivity contribution in [2.45, 2.75) is 23.8 Å². The predicted octanol–water partition coefficient (Wildman–Crippen LogP) is 3.61. The first-order valence-electron chi connectivity index (χ1n) is 10.9. The smallest absolute Gasteiger partial charge is 0.227 e. The Morgan fingerprint density at radius 1 is 1.10 bits per heavy atom. The molecule has 3 heterocycles. The minimum Gasteiger partial charge on any atom is -0.379 e. The average Bonchev–Trinajstić information content (AvgIpc) is 3.39. The minimum absolute atomic E-state index is 0.0996. The minimum atomic E-state index is 0.0996. The van der Waals surface area contributed by atoms with Crippen molar-refractivity contribution >= 4 is 34.4 Å². The van der Waals surface area contributed by atoms with E-state index in [-0.39, 0.29) is 11.8 Å². The van der Waals surface area contributed by atoms with Crippen molar-refractivity contribution in [3.63, 3.8) is 0 Å². The molecular weight excluding hydrogens is 408 g/mol. The highest BCUT2D eigenvalue weighted by molar-refractivity contribution is 7.98. The average molecular weight is 437 g/mol. The van der Waals surface area contributed by atoms with E-state index < -0.39 is 0 Å². The lowest BCUT2D eigenvalue weighted by Gasteiger charge is -2.27. The first kappa shape index (κ1) is 20.5. The predicted molar refractivity (Wildman–Crippen MR) is 125 cm³/mol. The summed E-state index contributed by atoms with van der Waals surface area (Å²) in [5.41, 5.74) is 3.14. The Bertz CT molecular complexity index is 1080. The number of ether oxygens (including phenoxy) is 1.